The van der Waals surface area contributed by atoms with Crippen LogP contribution in [0.3, 0.4) is 0 Å². The molecule has 3 heteroatoms. The summed E-state index contributed by atoms with van der Waals surface area (Å²) in [5.74, 6) is 2.56. The van der Waals surface area contributed by atoms with Gasteiger partial charge in [0.25, 0.3) is 0 Å². The molecule has 0 saturated heterocycles. The molecular formula is C15H18N2S. The van der Waals surface area contributed by atoms with Crippen molar-refractivity contribution in [2.75, 3.05) is 5.73 Å². The average Bonchev–Trinajstić information content (AvgIpc) is 2.30. The largest absolute Gasteiger partial charge is 0.383 e. The van der Waals surface area contributed by atoms with Crippen molar-refractivity contribution in [1.29, 1.82) is 0 Å². The summed E-state index contributed by atoms with van der Waals surface area (Å²) in [5, 5.41) is 0. The van der Waals surface area contributed by atoms with Gasteiger partial charge in [-0.05, 0) is 25.5 Å². The van der Waals surface area contributed by atoms with Crippen molar-refractivity contribution in [3.8, 4) is 0 Å². The van der Waals surface area contributed by atoms with E-state index in [2.05, 4.69) is 37.0 Å². The van der Waals surface area contributed by atoms with Crippen LogP contribution in [0, 0.1) is 13.8 Å². The van der Waals surface area contributed by atoms with Crippen molar-refractivity contribution in [1.82, 2.24) is 4.98 Å². The monoisotopic (exact) mass is 258 g/mol. The molecule has 2 aromatic rings. The molecule has 0 aliphatic heterocycles. The molecule has 1 aromatic heterocycles. The van der Waals surface area contributed by atoms with Gasteiger partial charge in [-0.2, -0.15) is 11.8 Å². The van der Waals surface area contributed by atoms with Crippen LogP contribution in [0.15, 0.2) is 36.5 Å². The van der Waals surface area contributed by atoms with Gasteiger partial charge in [0.1, 0.15) is 5.82 Å². The Labute approximate surface area is 113 Å². The van der Waals surface area contributed by atoms with Crippen LogP contribution in [0.25, 0.3) is 0 Å². The zero-order valence-electron chi connectivity index (χ0n) is 10.8. The molecule has 0 aliphatic rings. The highest BCUT2D eigenvalue weighted by Crippen LogP contribution is 2.21. The van der Waals surface area contributed by atoms with Crippen molar-refractivity contribution in [2.24, 2.45) is 0 Å². The topological polar surface area (TPSA) is 38.9 Å². The molecule has 2 N–H and O–H groups in total. The first-order chi connectivity index (χ1) is 8.65. The van der Waals surface area contributed by atoms with Gasteiger partial charge in [0.15, 0.2) is 0 Å². The van der Waals surface area contributed by atoms with Gasteiger partial charge >= 0.3 is 0 Å². The second kappa shape index (κ2) is 5.91. The Morgan fingerprint density at radius 1 is 1.11 bits per heavy atom. The van der Waals surface area contributed by atoms with E-state index in [-0.39, 0.29) is 0 Å². The molecule has 0 amide bonds. The number of nitrogens with zero attached hydrogens (tertiary/aromatic N) is 1. The second-order valence-corrected chi connectivity index (χ2v) is 5.52. The van der Waals surface area contributed by atoms with Crippen LogP contribution in [0.1, 0.15) is 22.3 Å². The second-order valence-electron chi connectivity index (χ2n) is 4.54. The molecule has 0 saturated carbocycles. The van der Waals surface area contributed by atoms with E-state index in [9.17, 15) is 0 Å². The fourth-order valence-corrected chi connectivity index (χ4v) is 2.97. The van der Waals surface area contributed by atoms with E-state index in [1.54, 1.807) is 6.20 Å². The summed E-state index contributed by atoms with van der Waals surface area (Å²) >= 11 is 1.87. The van der Waals surface area contributed by atoms with Crippen molar-refractivity contribution in [3.63, 3.8) is 0 Å². The third-order valence-electron chi connectivity index (χ3n) is 2.73. The van der Waals surface area contributed by atoms with Crippen molar-refractivity contribution >= 4 is 17.6 Å². The standard InChI is InChI=1S/C15H18N2S/c1-11-6-12(2)8-13(7-11)9-18-10-14-4-3-5-17-15(14)16/h3-8H,9-10H2,1-2H3,(H2,16,17). The number of aryl methyl sites for hydroxylation is 2. The van der Waals surface area contributed by atoms with Gasteiger partial charge in [-0.3, -0.25) is 0 Å². The summed E-state index contributed by atoms with van der Waals surface area (Å²) in [5.41, 5.74) is 11.0. The molecule has 0 spiro atoms. The minimum atomic E-state index is 0.644. The molecule has 0 radical (unpaired) electrons. The van der Waals surface area contributed by atoms with Crippen LogP contribution in [-0.2, 0) is 11.5 Å². The SMILES string of the molecule is Cc1cc(C)cc(CSCc2cccnc2N)c1. The minimum absolute atomic E-state index is 0.644. The Morgan fingerprint density at radius 2 is 1.83 bits per heavy atom. The van der Waals surface area contributed by atoms with Gasteiger partial charge in [0.05, 0.1) is 0 Å². The third kappa shape index (κ3) is 3.50. The van der Waals surface area contributed by atoms with Crippen molar-refractivity contribution in [3.05, 3.63) is 58.8 Å². The lowest BCUT2D eigenvalue weighted by atomic mass is 10.1. The molecular weight excluding hydrogens is 240 g/mol. The van der Waals surface area contributed by atoms with Gasteiger partial charge in [-0.25, -0.2) is 4.98 Å². The molecule has 0 bridgehead atoms. The lowest BCUT2D eigenvalue weighted by molar-refractivity contribution is 1.25. The maximum Gasteiger partial charge on any atom is 0.127 e. The number of nitrogens with two attached hydrogens (primary N) is 1. The van der Waals surface area contributed by atoms with E-state index in [1.165, 1.54) is 16.7 Å². The number of anilines is 1. The lowest BCUT2D eigenvalue weighted by Gasteiger charge is -2.06. The average molecular weight is 258 g/mol. The molecule has 18 heavy (non-hydrogen) atoms. The zero-order valence-corrected chi connectivity index (χ0v) is 11.6. The van der Waals surface area contributed by atoms with E-state index < -0.39 is 0 Å². The molecule has 0 unspecified atom stereocenters. The highest BCUT2D eigenvalue weighted by Gasteiger charge is 2.01. The summed E-state index contributed by atoms with van der Waals surface area (Å²) in [6.07, 6.45) is 1.73. The highest BCUT2D eigenvalue weighted by molar-refractivity contribution is 7.97. The summed E-state index contributed by atoms with van der Waals surface area (Å²) in [6.45, 7) is 4.28. The van der Waals surface area contributed by atoms with Crippen LogP contribution in [0.2, 0.25) is 0 Å². The zero-order chi connectivity index (χ0) is 13.0. The molecule has 2 nitrogen and oxygen atoms in total. The quantitative estimate of drug-likeness (QED) is 0.908. The van der Waals surface area contributed by atoms with Gasteiger partial charge in [0.2, 0.25) is 0 Å². The fraction of sp³-hybridized carbons (Fsp3) is 0.267. The number of aromatic nitrogens is 1. The molecule has 1 heterocycles. The molecule has 0 aliphatic carbocycles. The molecule has 94 valence electrons. The summed E-state index contributed by atoms with van der Waals surface area (Å²) in [4.78, 5) is 4.10. The predicted octanol–water partition coefficient (Wildman–Crippen LogP) is 3.71. The van der Waals surface area contributed by atoms with Crippen LogP contribution in [-0.4, -0.2) is 4.98 Å². The van der Waals surface area contributed by atoms with Gasteiger partial charge < -0.3 is 5.73 Å². The Hall–Kier alpha value is -1.48. The van der Waals surface area contributed by atoms with E-state index in [0.717, 1.165) is 17.1 Å². The van der Waals surface area contributed by atoms with Crippen LogP contribution in [0.4, 0.5) is 5.82 Å². The van der Waals surface area contributed by atoms with Gasteiger partial charge in [0, 0.05) is 23.3 Å². The van der Waals surface area contributed by atoms with E-state index in [0.29, 0.717) is 5.82 Å². The highest BCUT2D eigenvalue weighted by atomic mass is 32.2. The van der Waals surface area contributed by atoms with Gasteiger partial charge in [-0.1, -0.05) is 35.4 Å². The maximum atomic E-state index is 5.82. The van der Waals surface area contributed by atoms with Crippen LogP contribution < -0.4 is 5.73 Å². The number of nitrogen functional groups attached to an aromatic ring is 1. The Bertz CT molecular complexity index is 518. The minimum Gasteiger partial charge on any atom is -0.383 e. The number of hydrogen-bond donors (Lipinski definition) is 1. The Kier molecular flexibility index (Phi) is 4.26. The first-order valence-electron chi connectivity index (χ1n) is 5.99. The Morgan fingerprint density at radius 3 is 2.50 bits per heavy atom. The number of thioether (sulfide) groups is 1. The molecule has 0 fully saturated rings. The van der Waals surface area contributed by atoms with Gasteiger partial charge in [-0.15, -0.1) is 0 Å². The number of hydrogen-bond acceptors (Lipinski definition) is 3. The molecule has 0 atom stereocenters. The van der Waals surface area contributed by atoms with E-state index >= 15 is 0 Å². The van der Waals surface area contributed by atoms with Crippen molar-refractivity contribution in [2.45, 2.75) is 25.4 Å². The van der Waals surface area contributed by atoms with E-state index in [1.807, 2.05) is 23.9 Å². The normalized spacial score (nSPS) is 10.6. The maximum absolute atomic E-state index is 5.82. The third-order valence-corrected chi connectivity index (χ3v) is 3.79. The van der Waals surface area contributed by atoms with Crippen LogP contribution in [0.5, 0.6) is 0 Å². The summed E-state index contributed by atoms with van der Waals surface area (Å²) in [7, 11) is 0. The predicted molar refractivity (Wildman–Crippen MR) is 79.6 cm³/mol. The summed E-state index contributed by atoms with van der Waals surface area (Å²) in [6, 6.07) is 10.7. The molecule has 1 aromatic carbocycles. The van der Waals surface area contributed by atoms with Crippen molar-refractivity contribution < 1.29 is 0 Å². The lowest BCUT2D eigenvalue weighted by Crippen LogP contribution is -1.95. The summed E-state index contributed by atoms with van der Waals surface area (Å²) < 4.78 is 0. The number of rotatable bonds is 4. The smallest absolute Gasteiger partial charge is 0.127 e. The number of pyridine rings is 1. The first kappa shape index (κ1) is 13.0. The van der Waals surface area contributed by atoms with E-state index in [4.69, 9.17) is 5.73 Å². The first-order valence-corrected chi connectivity index (χ1v) is 7.15. The fourth-order valence-electron chi connectivity index (χ4n) is 2.00. The Balaban J connectivity index is 1.94. The number of benzene rings is 1. The molecule has 2 rings (SSSR count). The van der Waals surface area contributed by atoms with Crippen LogP contribution >= 0.6 is 11.8 Å².